The highest BCUT2D eigenvalue weighted by Crippen LogP contribution is 2.36. The molecule has 0 unspecified atom stereocenters. The summed E-state index contributed by atoms with van der Waals surface area (Å²) < 4.78 is 51.0. The van der Waals surface area contributed by atoms with Gasteiger partial charge in [0, 0.05) is 55.4 Å². The minimum atomic E-state index is -4.89. The monoisotopic (exact) mass is 558 g/mol. The maximum atomic E-state index is 13.2. The number of benzene rings is 2. The van der Waals surface area contributed by atoms with Crippen LogP contribution in [0.2, 0.25) is 0 Å². The summed E-state index contributed by atoms with van der Waals surface area (Å²) in [6, 6.07) is 7.93. The smallest absolute Gasteiger partial charge is 0.404 e. The van der Waals surface area contributed by atoms with Crippen molar-refractivity contribution in [2.45, 2.75) is 19.8 Å². The van der Waals surface area contributed by atoms with Crippen molar-refractivity contribution >= 4 is 45.0 Å². The fraction of sp³-hybridized carbons (Fsp3) is 0.385. The van der Waals surface area contributed by atoms with Crippen LogP contribution in [0.25, 0.3) is 21.8 Å². The summed E-state index contributed by atoms with van der Waals surface area (Å²) in [6.45, 7) is 6.17. The van der Waals surface area contributed by atoms with E-state index >= 15 is 0 Å². The van der Waals surface area contributed by atoms with Crippen LogP contribution in [0.4, 0.5) is 30.5 Å². The molecule has 0 atom stereocenters. The molecule has 1 fully saturated rings. The van der Waals surface area contributed by atoms with Crippen LogP contribution < -0.4 is 20.7 Å². The maximum absolute atomic E-state index is 13.2. The molecule has 2 aromatic carbocycles. The SMILES string of the molecule is CCOCCn1nc(C(N)=O)c2ccc3cnc(Nc4cc(N5CCN(C)CC5)ccc4OC(F)(F)F)nc3c21. The lowest BCUT2D eigenvalue weighted by Crippen LogP contribution is -2.44. The molecule has 212 valence electrons. The fourth-order valence-electron chi connectivity index (χ4n) is 4.67. The number of hydrogen-bond donors (Lipinski definition) is 2. The first-order valence-electron chi connectivity index (χ1n) is 12.8. The molecule has 11 nitrogen and oxygen atoms in total. The second kappa shape index (κ2) is 11.1. The van der Waals surface area contributed by atoms with Gasteiger partial charge in [0.1, 0.15) is 5.52 Å². The van der Waals surface area contributed by atoms with Crippen molar-refractivity contribution < 1.29 is 27.4 Å². The number of nitrogens with two attached hydrogens (primary N) is 1. The second-order valence-corrected chi connectivity index (χ2v) is 9.37. The van der Waals surface area contributed by atoms with E-state index in [1.807, 2.05) is 14.0 Å². The summed E-state index contributed by atoms with van der Waals surface area (Å²) in [7, 11) is 2.02. The van der Waals surface area contributed by atoms with Crippen molar-refractivity contribution in [2.24, 2.45) is 5.73 Å². The van der Waals surface area contributed by atoms with E-state index in [9.17, 15) is 18.0 Å². The number of anilines is 3. The Balaban J connectivity index is 1.56. The van der Waals surface area contributed by atoms with E-state index in [-0.39, 0.29) is 17.3 Å². The summed E-state index contributed by atoms with van der Waals surface area (Å²) in [5.41, 5.74) is 7.44. The van der Waals surface area contributed by atoms with Gasteiger partial charge < -0.3 is 30.3 Å². The molecule has 1 aliphatic heterocycles. The average molecular weight is 559 g/mol. The Morgan fingerprint density at radius 1 is 1.15 bits per heavy atom. The molecule has 1 amide bonds. The molecule has 1 aliphatic rings. The highest BCUT2D eigenvalue weighted by Gasteiger charge is 2.32. The van der Waals surface area contributed by atoms with E-state index in [1.54, 1.807) is 35.1 Å². The van der Waals surface area contributed by atoms with E-state index in [0.717, 1.165) is 31.9 Å². The molecule has 3 N–H and O–H groups in total. The largest absolute Gasteiger partial charge is 0.573 e. The van der Waals surface area contributed by atoms with E-state index in [0.29, 0.717) is 41.6 Å². The van der Waals surface area contributed by atoms with Crippen LogP contribution in [-0.2, 0) is 11.3 Å². The number of halogens is 3. The summed E-state index contributed by atoms with van der Waals surface area (Å²) in [4.78, 5) is 25.3. The van der Waals surface area contributed by atoms with Crippen LogP contribution in [-0.4, -0.2) is 83.4 Å². The van der Waals surface area contributed by atoms with Gasteiger partial charge in [-0.2, -0.15) is 5.10 Å². The first-order valence-corrected chi connectivity index (χ1v) is 12.8. The Labute approximate surface area is 227 Å². The Morgan fingerprint density at radius 3 is 2.62 bits per heavy atom. The third kappa shape index (κ3) is 5.87. The second-order valence-electron chi connectivity index (χ2n) is 9.37. The van der Waals surface area contributed by atoms with Gasteiger partial charge in [-0.15, -0.1) is 13.2 Å². The van der Waals surface area contributed by atoms with E-state index in [4.69, 9.17) is 10.5 Å². The number of hydrogen-bond acceptors (Lipinski definition) is 9. The number of carbonyl (C=O) groups excluding carboxylic acids is 1. The van der Waals surface area contributed by atoms with Gasteiger partial charge in [0.05, 0.1) is 24.4 Å². The normalized spacial score (nSPS) is 14.7. The van der Waals surface area contributed by atoms with E-state index in [2.05, 4.69) is 34.9 Å². The molecule has 0 spiro atoms. The van der Waals surface area contributed by atoms with Crippen molar-refractivity contribution in [3.8, 4) is 5.75 Å². The minimum absolute atomic E-state index is 0.0423. The van der Waals surface area contributed by atoms with E-state index < -0.39 is 18.0 Å². The number of rotatable bonds is 9. The van der Waals surface area contributed by atoms with Gasteiger partial charge in [-0.05, 0) is 38.2 Å². The number of likely N-dealkylation sites (N-methyl/N-ethyl adjacent to an activating group) is 1. The lowest BCUT2D eigenvalue weighted by atomic mass is 10.1. The fourth-order valence-corrected chi connectivity index (χ4v) is 4.67. The third-order valence-corrected chi connectivity index (χ3v) is 6.65. The lowest BCUT2D eigenvalue weighted by molar-refractivity contribution is -0.274. The Hall–Kier alpha value is -4.17. The predicted octanol–water partition coefficient (Wildman–Crippen LogP) is 3.51. The summed E-state index contributed by atoms with van der Waals surface area (Å²) in [6.07, 6.45) is -3.34. The van der Waals surface area contributed by atoms with Gasteiger partial charge in [0.25, 0.3) is 5.91 Å². The predicted molar refractivity (Wildman–Crippen MR) is 144 cm³/mol. The van der Waals surface area contributed by atoms with Crippen LogP contribution in [0, 0.1) is 0 Å². The zero-order valence-electron chi connectivity index (χ0n) is 22.0. The molecule has 0 aliphatic carbocycles. The van der Waals surface area contributed by atoms with Gasteiger partial charge in [0.15, 0.2) is 11.4 Å². The highest BCUT2D eigenvalue weighted by molar-refractivity contribution is 6.11. The number of carbonyl (C=O) groups is 1. The molecule has 1 saturated heterocycles. The lowest BCUT2D eigenvalue weighted by Gasteiger charge is -2.34. The van der Waals surface area contributed by atoms with Crippen molar-refractivity contribution in [1.82, 2.24) is 24.6 Å². The molecule has 3 heterocycles. The Bertz CT molecular complexity index is 1530. The molecule has 14 heteroatoms. The number of fused-ring (bicyclic) bond motifs is 3. The number of alkyl halides is 3. The van der Waals surface area contributed by atoms with Crippen molar-refractivity contribution in [2.75, 3.05) is 56.7 Å². The topological polar surface area (TPSA) is 124 Å². The number of piperazine rings is 1. The highest BCUT2D eigenvalue weighted by atomic mass is 19.4. The summed E-state index contributed by atoms with van der Waals surface area (Å²) in [5.74, 6) is -1.06. The standard InChI is InChI=1S/C26H29F3N8O3/c1-3-39-13-12-37-23-18(22(34-37)24(30)38)6-4-16-15-31-25(33-21(16)23)32-19-14-17(36-10-8-35(2)9-11-36)5-7-20(19)40-26(27,28)29/h4-7,14-15H,3,8-13H2,1-2H3,(H2,30,38)(H,31,32,33). The molecule has 5 rings (SSSR count). The first-order chi connectivity index (χ1) is 19.1. The molecule has 40 heavy (non-hydrogen) atoms. The van der Waals surface area contributed by atoms with E-state index in [1.165, 1.54) is 6.07 Å². The van der Waals surface area contributed by atoms with Crippen molar-refractivity contribution in [1.29, 1.82) is 0 Å². The number of aromatic nitrogens is 4. The molecule has 0 saturated carbocycles. The zero-order chi connectivity index (χ0) is 28.4. The maximum Gasteiger partial charge on any atom is 0.573 e. The van der Waals surface area contributed by atoms with Crippen LogP contribution in [0.3, 0.4) is 0 Å². The Morgan fingerprint density at radius 2 is 1.93 bits per heavy atom. The number of ether oxygens (including phenoxy) is 2. The van der Waals surface area contributed by atoms with Gasteiger partial charge in [-0.25, -0.2) is 9.97 Å². The molecule has 2 aromatic heterocycles. The molecule has 4 aromatic rings. The molecular weight excluding hydrogens is 529 g/mol. The number of amides is 1. The third-order valence-electron chi connectivity index (χ3n) is 6.65. The van der Waals surface area contributed by atoms with Gasteiger partial charge >= 0.3 is 6.36 Å². The van der Waals surface area contributed by atoms with Crippen LogP contribution in [0.15, 0.2) is 36.5 Å². The molecule has 0 radical (unpaired) electrons. The molecular formula is C26H29F3N8O3. The first kappa shape index (κ1) is 27.4. The van der Waals surface area contributed by atoms with Gasteiger partial charge in [-0.3, -0.25) is 9.48 Å². The number of nitrogens with one attached hydrogen (secondary N) is 1. The van der Waals surface area contributed by atoms with Crippen molar-refractivity contribution in [3.05, 3.63) is 42.2 Å². The average Bonchev–Trinajstić information content (AvgIpc) is 3.29. The van der Waals surface area contributed by atoms with Crippen LogP contribution in [0.1, 0.15) is 17.4 Å². The van der Waals surface area contributed by atoms with Gasteiger partial charge in [-0.1, -0.05) is 6.07 Å². The quantitative estimate of drug-likeness (QED) is 0.297. The number of primary amides is 1. The van der Waals surface area contributed by atoms with Gasteiger partial charge in [0.2, 0.25) is 5.95 Å². The Kier molecular flexibility index (Phi) is 7.63. The summed E-state index contributed by atoms with van der Waals surface area (Å²) in [5, 5.41) is 8.43. The van der Waals surface area contributed by atoms with Crippen LogP contribution >= 0.6 is 0 Å². The minimum Gasteiger partial charge on any atom is -0.404 e. The van der Waals surface area contributed by atoms with Crippen LogP contribution in [0.5, 0.6) is 5.75 Å². The van der Waals surface area contributed by atoms with Crippen molar-refractivity contribution in [3.63, 3.8) is 0 Å². The molecule has 0 bridgehead atoms. The number of nitrogens with zero attached hydrogens (tertiary/aromatic N) is 6. The zero-order valence-corrected chi connectivity index (χ0v) is 22.0. The summed E-state index contributed by atoms with van der Waals surface area (Å²) >= 11 is 0.